The molecule has 0 atom stereocenters. The Morgan fingerprint density at radius 3 is 1.97 bits per heavy atom. The Labute approximate surface area is 198 Å². The molecule has 3 aromatic rings. The van der Waals surface area contributed by atoms with Crippen LogP contribution in [0.3, 0.4) is 0 Å². The molecule has 6 nitrogen and oxygen atoms in total. The summed E-state index contributed by atoms with van der Waals surface area (Å²) in [5.41, 5.74) is 1.70. The van der Waals surface area contributed by atoms with Gasteiger partial charge in [-0.05, 0) is 54.4 Å². The minimum absolute atomic E-state index is 0.201. The number of amides is 2. The van der Waals surface area contributed by atoms with E-state index in [2.05, 4.69) is 0 Å². The second kappa shape index (κ2) is 9.77. The molecule has 34 heavy (non-hydrogen) atoms. The van der Waals surface area contributed by atoms with Gasteiger partial charge in [-0.3, -0.25) is 9.59 Å². The number of nitrogens with zero attached hydrogens (tertiary/aromatic N) is 2. The highest BCUT2D eigenvalue weighted by molar-refractivity contribution is 7.90. The number of carbonyl (C=O) groups is 2. The van der Waals surface area contributed by atoms with Gasteiger partial charge in [-0.15, -0.1) is 0 Å². The van der Waals surface area contributed by atoms with E-state index in [1.54, 1.807) is 83.5 Å². The Balaban J connectivity index is 1.40. The first-order valence-electron chi connectivity index (χ1n) is 11.0. The van der Waals surface area contributed by atoms with E-state index in [0.29, 0.717) is 42.9 Å². The third-order valence-electron chi connectivity index (χ3n) is 5.91. The smallest absolute Gasteiger partial charge is 0.254 e. The van der Waals surface area contributed by atoms with Crippen molar-refractivity contribution in [1.82, 2.24) is 9.80 Å². The molecule has 0 N–H and O–H groups in total. The molecule has 1 saturated heterocycles. The number of hydrogen-bond acceptors (Lipinski definition) is 4. The molecule has 3 aromatic carbocycles. The second-order valence-electron chi connectivity index (χ2n) is 8.32. The Bertz CT molecular complexity index is 1320. The minimum atomic E-state index is -3.53. The van der Waals surface area contributed by atoms with Gasteiger partial charge >= 0.3 is 0 Å². The van der Waals surface area contributed by atoms with Gasteiger partial charge in [0.15, 0.2) is 9.84 Å². The quantitative estimate of drug-likeness (QED) is 0.558. The maximum absolute atomic E-state index is 13.8. The molecule has 0 aliphatic carbocycles. The zero-order chi connectivity index (χ0) is 24.3. The van der Waals surface area contributed by atoms with Gasteiger partial charge in [-0.2, -0.15) is 0 Å². The van der Waals surface area contributed by atoms with Crippen LogP contribution in [0, 0.1) is 12.7 Å². The van der Waals surface area contributed by atoms with Crippen LogP contribution in [0.25, 0.3) is 0 Å². The molecule has 0 radical (unpaired) electrons. The van der Waals surface area contributed by atoms with E-state index in [4.69, 9.17) is 0 Å². The van der Waals surface area contributed by atoms with E-state index >= 15 is 0 Å². The number of aryl methyl sites for hydroxylation is 1. The van der Waals surface area contributed by atoms with Crippen LogP contribution >= 0.6 is 0 Å². The summed E-state index contributed by atoms with van der Waals surface area (Å²) in [6.45, 7) is 2.99. The van der Waals surface area contributed by atoms with Gasteiger partial charge in [0.1, 0.15) is 5.82 Å². The van der Waals surface area contributed by atoms with E-state index in [-0.39, 0.29) is 28.0 Å². The van der Waals surface area contributed by atoms with Crippen molar-refractivity contribution in [2.24, 2.45) is 0 Å². The Hall–Kier alpha value is -3.52. The van der Waals surface area contributed by atoms with Crippen LogP contribution in [0.15, 0.2) is 77.7 Å². The van der Waals surface area contributed by atoms with Gasteiger partial charge in [0.25, 0.3) is 11.8 Å². The first-order chi connectivity index (χ1) is 16.2. The van der Waals surface area contributed by atoms with Crippen molar-refractivity contribution >= 4 is 21.7 Å². The summed E-state index contributed by atoms with van der Waals surface area (Å²) in [6.07, 6.45) is 0. The molecule has 1 aliphatic heterocycles. The lowest BCUT2D eigenvalue weighted by Crippen LogP contribution is -2.50. The molecule has 2 amide bonds. The summed E-state index contributed by atoms with van der Waals surface area (Å²) in [6, 6.07) is 19.3. The van der Waals surface area contributed by atoms with Crippen LogP contribution in [-0.4, -0.2) is 56.2 Å². The van der Waals surface area contributed by atoms with Crippen molar-refractivity contribution in [3.8, 4) is 0 Å². The highest BCUT2D eigenvalue weighted by atomic mass is 32.2. The van der Waals surface area contributed by atoms with E-state index in [0.717, 1.165) is 0 Å². The predicted molar refractivity (Wildman–Crippen MR) is 127 cm³/mol. The standard InChI is InChI=1S/C26H25FN2O4S/c1-19-10-11-22(17-24(19)27)26(31)29-14-12-28(13-15-29)25(30)21-7-5-6-20(16-21)18-34(32,33)23-8-3-2-4-9-23/h2-11,16-17H,12-15,18H2,1H3. The maximum atomic E-state index is 13.8. The maximum Gasteiger partial charge on any atom is 0.254 e. The van der Waals surface area contributed by atoms with E-state index in [1.807, 2.05) is 0 Å². The van der Waals surface area contributed by atoms with Crippen LogP contribution in [0.5, 0.6) is 0 Å². The topological polar surface area (TPSA) is 74.8 Å². The van der Waals surface area contributed by atoms with Crippen molar-refractivity contribution < 1.29 is 22.4 Å². The Morgan fingerprint density at radius 2 is 1.38 bits per heavy atom. The van der Waals surface area contributed by atoms with Crippen molar-refractivity contribution in [2.45, 2.75) is 17.6 Å². The summed E-state index contributed by atoms with van der Waals surface area (Å²) in [4.78, 5) is 29.2. The third-order valence-corrected chi connectivity index (χ3v) is 7.61. The molecule has 0 saturated carbocycles. The van der Waals surface area contributed by atoms with E-state index < -0.39 is 15.7 Å². The summed E-state index contributed by atoms with van der Waals surface area (Å²) < 4.78 is 39.2. The highest BCUT2D eigenvalue weighted by Crippen LogP contribution is 2.19. The zero-order valence-corrected chi connectivity index (χ0v) is 19.6. The van der Waals surface area contributed by atoms with Crippen molar-refractivity contribution in [3.63, 3.8) is 0 Å². The first kappa shape index (κ1) is 23.6. The molecule has 8 heteroatoms. The summed E-state index contributed by atoms with van der Waals surface area (Å²) >= 11 is 0. The summed E-state index contributed by atoms with van der Waals surface area (Å²) in [7, 11) is -3.53. The monoisotopic (exact) mass is 480 g/mol. The summed E-state index contributed by atoms with van der Waals surface area (Å²) in [5, 5.41) is 0. The highest BCUT2D eigenvalue weighted by Gasteiger charge is 2.26. The van der Waals surface area contributed by atoms with Gasteiger partial charge in [0.2, 0.25) is 0 Å². The fourth-order valence-corrected chi connectivity index (χ4v) is 5.29. The van der Waals surface area contributed by atoms with Crippen LogP contribution in [0.1, 0.15) is 31.8 Å². The normalized spacial score (nSPS) is 14.2. The molecule has 176 valence electrons. The molecule has 1 fully saturated rings. The molecule has 1 heterocycles. The van der Waals surface area contributed by atoms with E-state index in [9.17, 15) is 22.4 Å². The lowest BCUT2D eigenvalue weighted by Gasteiger charge is -2.35. The number of benzene rings is 3. The largest absolute Gasteiger partial charge is 0.335 e. The van der Waals surface area contributed by atoms with Gasteiger partial charge in [0, 0.05) is 37.3 Å². The van der Waals surface area contributed by atoms with Crippen molar-refractivity contribution in [1.29, 1.82) is 0 Å². The third kappa shape index (κ3) is 5.17. The fraction of sp³-hybridized carbons (Fsp3) is 0.231. The fourth-order valence-electron chi connectivity index (χ4n) is 3.93. The van der Waals surface area contributed by atoms with Gasteiger partial charge < -0.3 is 9.80 Å². The van der Waals surface area contributed by atoms with Gasteiger partial charge in [-0.1, -0.05) is 36.4 Å². The predicted octanol–water partition coefficient (Wildman–Crippen LogP) is 3.71. The number of hydrogen-bond donors (Lipinski definition) is 0. The number of sulfone groups is 1. The zero-order valence-electron chi connectivity index (χ0n) is 18.8. The average molecular weight is 481 g/mol. The molecule has 0 bridgehead atoms. The molecular formula is C26H25FN2O4S. The van der Waals surface area contributed by atoms with Crippen molar-refractivity contribution in [2.75, 3.05) is 26.2 Å². The Kier molecular flexibility index (Phi) is 6.79. The lowest BCUT2D eigenvalue weighted by atomic mass is 10.1. The molecule has 1 aliphatic rings. The molecular weight excluding hydrogens is 455 g/mol. The lowest BCUT2D eigenvalue weighted by molar-refractivity contribution is 0.0535. The molecule has 4 rings (SSSR count). The van der Waals surface area contributed by atoms with Crippen LogP contribution < -0.4 is 0 Å². The van der Waals surface area contributed by atoms with Gasteiger partial charge in [0.05, 0.1) is 10.6 Å². The van der Waals surface area contributed by atoms with Crippen molar-refractivity contribution in [3.05, 3.63) is 101 Å². The van der Waals surface area contributed by atoms with Crippen LogP contribution in [0.2, 0.25) is 0 Å². The summed E-state index contributed by atoms with van der Waals surface area (Å²) in [5.74, 6) is -1.10. The average Bonchev–Trinajstić information content (AvgIpc) is 2.85. The SMILES string of the molecule is Cc1ccc(C(=O)N2CCN(C(=O)c3cccc(CS(=O)(=O)c4ccccc4)c3)CC2)cc1F. The van der Waals surface area contributed by atoms with Crippen LogP contribution in [-0.2, 0) is 15.6 Å². The van der Waals surface area contributed by atoms with E-state index in [1.165, 1.54) is 6.07 Å². The molecule has 0 spiro atoms. The Morgan fingerprint density at radius 1 is 0.794 bits per heavy atom. The number of piperazine rings is 1. The number of rotatable bonds is 5. The number of halogens is 1. The first-order valence-corrected chi connectivity index (χ1v) is 12.6. The minimum Gasteiger partial charge on any atom is -0.335 e. The second-order valence-corrected chi connectivity index (χ2v) is 10.3. The van der Waals surface area contributed by atoms with Gasteiger partial charge in [-0.25, -0.2) is 12.8 Å². The number of carbonyl (C=O) groups excluding carboxylic acids is 2. The molecule has 0 unspecified atom stereocenters. The molecule has 0 aromatic heterocycles. The van der Waals surface area contributed by atoms with Crippen LogP contribution in [0.4, 0.5) is 4.39 Å².